The minimum Gasteiger partial charge on any atom is -0.449 e. The van der Waals surface area contributed by atoms with Crippen molar-refractivity contribution in [1.82, 2.24) is 4.90 Å². The van der Waals surface area contributed by atoms with Crippen molar-refractivity contribution in [1.29, 1.82) is 0 Å². The molecule has 2 aliphatic rings. The molecule has 1 saturated heterocycles. The quantitative estimate of drug-likeness (QED) is 0.786. The summed E-state index contributed by atoms with van der Waals surface area (Å²) in [5, 5.41) is 2.89. The molecule has 7 heteroatoms. The van der Waals surface area contributed by atoms with Gasteiger partial charge in [-0.1, -0.05) is 0 Å². The summed E-state index contributed by atoms with van der Waals surface area (Å²) in [6, 6.07) is 5.06. The second-order valence-electron chi connectivity index (χ2n) is 8.05. The molecule has 1 aromatic rings. The largest absolute Gasteiger partial charge is 0.449 e. The van der Waals surface area contributed by atoms with Crippen molar-refractivity contribution in [2.75, 3.05) is 16.8 Å². The number of ether oxygens (including phenoxy) is 1. The fourth-order valence-electron chi connectivity index (χ4n) is 4.15. The topological polar surface area (TPSA) is 79.0 Å². The number of carbonyl (C=O) groups is 3. The highest BCUT2D eigenvalue weighted by molar-refractivity contribution is 6.05. The summed E-state index contributed by atoms with van der Waals surface area (Å²) in [5.41, 5.74) is 1.85. The number of nitrogens with zero attached hydrogens (tertiary/aromatic N) is 2. The number of anilines is 2. The normalized spacial score (nSPS) is 19.2. The molecule has 1 N–H and O–H groups in total. The van der Waals surface area contributed by atoms with Gasteiger partial charge in [-0.2, -0.15) is 0 Å². The van der Waals surface area contributed by atoms with E-state index in [9.17, 15) is 14.4 Å². The van der Waals surface area contributed by atoms with Crippen molar-refractivity contribution in [3.8, 4) is 0 Å². The van der Waals surface area contributed by atoms with Gasteiger partial charge in [0.2, 0.25) is 5.91 Å². The minimum absolute atomic E-state index is 0.0148. The Morgan fingerprint density at radius 2 is 1.86 bits per heavy atom. The first kappa shape index (κ1) is 20.2. The van der Waals surface area contributed by atoms with Gasteiger partial charge in [0, 0.05) is 18.6 Å². The number of rotatable bonds is 5. The second kappa shape index (κ2) is 7.81. The molecular weight excluding hydrogens is 358 g/mol. The van der Waals surface area contributed by atoms with Crippen LogP contribution in [0, 0.1) is 0 Å². The van der Waals surface area contributed by atoms with Gasteiger partial charge in [-0.3, -0.25) is 9.59 Å². The predicted molar refractivity (Wildman–Crippen MR) is 107 cm³/mol. The van der Waals surface area contributed by atoms with E-state index < -0.39 is 12.1 Å². The Hall–Kier alpha value is -2.57. The highest BCUT2D eigenvalue weighted by atomic mass is 16.5. The summed E-state index contributed by atoms with van der Waals surface area (Å²) < 4.78 is 5.43. The van der Waals surface area contributed by atoms with E-state index in [1.807, 2.05) is 33.8 Å². The standard InChI is InChI=1S/C21H29N3O4/c1-12(2)24(13(3)4)20(26)14(5)28-21(27)15-8-9-17-16(11-15)22-19(25)18-7-6-10-23(17)18/h8-9,11-14,18H,6-7,10H2,1-5H3,(H,22,25)/t14-,18+/m1/s1. The number of amides is 2. The summed E-state index contributed by atoms with van der Waals surface area (Å²) in [4.78, 5) is 41.3. The van der Waals surface area contributed by atoms with Crippen LogP contribution in [0.25, 0.3) is 0 Å². The molecule has 1 aromatic carbocycles. The van der Waals surface area contributed by atoms with Crippen LogP contribution in [0.1, 0.15) is 57.8 Å². The van der Waals surface area contributed by atoms with E-state index in [-0.39, 0.29) is 29.9 Å². The van der Waals surface area contributed by atoms with Gasteiger partial charge in [0.25, 0.3) is 5.91 Å². The molecule has 7 nitrogen and oxygen atoms in total. The summed E-state index contributed by atoms with van der Waals surface area (Å²) in [7, 11) is 0. The van der Waals surface area contributed by atoms with E-state index in [1.54, 1.807) is 24.0 Å². The van der Waals surface area contributed by atoms with Crippen molar-refractivity contribution in [3.05, 3.63) is 23.8 Å². The second-order valence-corrected chi connectivity index (χ2v) is 8.05. The lowest BCUT2D eigenvalue weighted by molar-refractivity contribution is -0.143. The number of nitrogens with one attached hydrogen (secondary N) is 1. The van der Waals surface area contributed by atoms with Crippen molar-refractivity contribution >= 4 is 29.2 Å². The lowest BCUT2D eigenvalue weighted by Crippen LogP contribution is -2.47. The van der Waals surface area contributed by atoms with Crippen LogP contribution in [0.15, 0.2) is 18.2 Å². The van der Waals surface area contributed by atoms with Gasteiger partial charge in [-0.05, 0) is 65.7 Å². The molecule has 28 heavy (non-hydrogen) atoms. The van der Waals surface area contributed by atoms with Crippen LogP contribution < -0.4 is 10.2 Å². The Morgan fingerprint density at radius 1 is 1.18 bits per heavy atom. The summed E-state index contributed by atoms with van der Waals surface area (Å²) in [6.07, 6.45) is 0.936. The van der Waals surface area contributed by atoms with Gasteiger partial charge in [-0.25, -0.2) is 4.79 Å². The molecular formula is C21H29N3O4. The van der Waals surface area contributed by atoms with Crippen LogP contribution in [0.2, 0.25) is 0 Å². The zero-order valence-electron chi connectivity index (χ0n) is 17.2. The van der Waals surface area contributed by atoms with E-state index >= 15 is 0 Å². The molecule has 0 radical (unpaired) electrons. The van der Waals surface area contributed by atoms with Crippen molar-refractivity contribution in [2.45, 2.75) is 71.7 Å². The molecule has 2 aliphatic heterocycles. The maximum absolute atomic E-state index is 12.7. The molecule has 0 bridgehead atoms. The van der Waals surface area contributed by atoms with Gasteiger partial charge in [-0.15, -0.1) is 0 Å². The van der Waals surface area contributed by atoms with E-state index in [1.165, 1.54) is 0 Å². The minimum atomic E-state index is -0.883. The fourth-order valence-corrected chi connectivity index (χ4v) is 4.15. The molecule has 0 spiro atoms. The zero-order valence-corrected chi connectivity index (χ0v) is 17.2. The molecule has 2 amide bonds. The van der Waals surface area contributed by atoms with E-state index in [0.717, 1.165) is 25.1 Å². The van der Waals surface area contributed by atoms with Crippen LogP contribution in [0.4, 0.5) is 11.4 Å². The smallest absolute Gasteiger partial charge is 0.338 e. The van der Waals surface area contributed by atoms with Crippen molar-refractivity contribution in [2.24, 2.45) is 0 Å². The summed E-state index contributed by atoms with van der Waals surface area (Å²) in [5.74, 6) is -0.831. The highest BCUT2D eigenvalue weighted by Gasteiger charge is 2.36. The van der Waals surface area contributed by atoms with Crippen LogP contribution >= 0.6 is 0 Å². The molecule has 2 heterocycles. The zero-order chi connectivity index (χ0) is 20.6. The highest BCUT2D eigenvalue weighted by Crippen LogP contribution is 2.37. The van der Waals surface area contributed by atoms with E-state index in [4.69, 9.17) is 4.74 Å². The fraction of sp³-hybridized carbons (Fsp3) is 0.571. The first-order chi connectivity index (χ1) is 13.2. The molecule has 2 atom stereocenters. The third-order valence-electron chi connectivity index (χ3n) is 5.35. The number of hydrogen-bond donors (Lipinski definition) is 1. The van der Waals surface area contributed by atoms with Gasteiger partial charge < -0.3 is 19.9 Å². The maximum atomic E-state index is 12.7. The van der Waals surface area contributed by atoms with Crippen LogP contribution in [-0.4, -0.2) is 53.5 Å². The average Bonchev–Trinajstić information content (AvgIpc) is 3.11. The molecule has 152 valence electrons. The molecule has 0 aromatic heterocycles. The van der Waals surface area contributed by atoms with Crippen molar-refractivity contribution in [3.63, 3.8) is 0 Å². The third kappa shape index (κ3) is 3.70. The van der Waals surface area contributed by atoms with Gasteiger partial charge >= 0.3 is 5.97 Å². The van der Waals surface area contributed by atoms with E-state index in [0.29, 0.717) is 11.3 Å². The van der Waals surface area contributed by atoms with Gasteiger partial charge in [0.15, 0.2) is 6.10 Å². The maximum Gasteiger partial charge on any atom is 0.338 e. The van der Waals surface area contributed by atoms with Crippen LogP contribution in [0.3, 0.4) is 0 Å². The first-order valence-electron chi connectivity index (χ1n) is 9.95. The monoisotopic (exact) mass is 387 g/mol. The molecule has 1 fully saturated rings. The number of benzene rings is 1. The summed E-state index contributed by atoms with van der Waals surface area (Å²) >= 11 is 0. The summed E-state index contributed by atoms with van der Waals surface area (Å²) in [6.45, 7) is 10.2. The Balaban J connectivity index is 1.74. The molecule has 3 rings (SSSR count). The Kier molecular flexibility index (Phi) is 5.63. The van der Waals surface area contributed by atoms with Gasteiger partial charge in [0.05, 0.1) is 16.9 Å². The van der Waals surface area contributed by atoms with E-state index in [2.05, 4.69) is 10.2 Å². The molecule has 0 unspecified atom stereocenters. The number of carbonyl (C=O) groups excluding carboxylic acids is 3. The van der Waals surface area contributed by atoms with Crippen molar-refractivity contribution < 1.29 is 19.1 Å². The van der Waals surface area contributed by atoms with Crippen LogP contribution in [-0.2, 0) is 14.3 Å². The van der Waals surface area contributed by atoms with Gasteiger partial charge in [0.1, 0.15) is 6.04 Å². The third-order valence-corrected chi connectivity index (χ3v) is 5.35. The SMILES string of the molecule is CC(C)N(C(=O)[C@@H](C)OC(=O)c1ccc2c(c1)NC(=O)[C@@H]1CCCN21)C(C)C. The van der Waals surface area contributed by atoms with Crippen LogP contribution in [0.5, 0.6) is 0 Å². The Morgan fingerprint density at radius 3 is 2.50 bits per heavy atom. The predicted octanol–water partition coefficient (Wildman–Crippen LogP) is 2.80. The average molecular weight is 387 g/mol. The number of esters is 1. The number of hydrogen-bond acceptors (Lipinski definition) is 5. The Labute approximate surface area is 166 Å². The number of fused-ring (bicyclic) bond motifs is 3. The lowest BCUT2D eigenvalue weighted by atomic mass is 10.1. The first-order valence-corrected chi connectivity index (χ1v) is 9.95. The Bertz CT molecular complexity index is 782. The molecule has 0 saturated carbocycles. The molecule has 0 aliphatic carbocycles. The lowest BCUT2D eigenvalue weighted by Gasteiger charge is -2.33.